The minimum atomic E-state index is -0.943. The molecular weight excluding hydrogens is 134 g/mol. The Morgan fingerprint density at radius 2 is 2.40 bits per heavy atom. The molecule has 1 amide bonds. The second-order valence-corrected chi connectivity index (χ2v) is 2.77. The highest BCUT2D eigenvalue weighted by atomic mass is 16.6. The molecule has 0 spiro atoms. The maximum absolute atomic E-state index is 10.2. The van der Waals surface area contributed by atoms with Crippen LogP contribution >= 0.6 is 0 Å². The van der Waals surface area contributed by atoms with E-state index in [0.29, 0.717) is 6.10 Å². The molecule has 1 heterocycles. The summed E-state index contributed by atoms with van der Waals surface area (Å²) < 4.78 is 5.14. The number of carboxylic acid groups (broad SMARTS) is 1. The first kappa shape index (κ1) is 5.97. The molecule has 3 unspecified atom stereocenters. The van der Waals surface area contributed by atoms with Crippen molar-refractivity contribution >= 4 is 6.09 Å². The third-order valence-corrected chi connectivity index (χ3v) is 2.09. The van der Waals surface area contributed by atoms with Crippen LogP contribution in [0.1, 0.15) is 12.8 Å². The van der Waals surface area contributed by atoms with Crippen molar-refractivity contribution in [2.24, 2.45) is 0 Å². The first-order valence-corrected chi connectivity index (χ1v) is 3.42. The van der Waals surface area contributed by atoms with Crippen molar-refractivity contribution in [1.82, 2.24) is 5.32 Å². The molecule has 0 aromatic rings. The molecule has 10 heavy (non-hydrogen) atoms. The fourth-order valence-corrected chi connectivity index (χ4v) is 1.56. The Hall–Kier alpha value is -0.770. The molecule has 2 N–H and O–H groups in total. The molecule has 3 atom stereocenters. The second-order valence-electron chi connectivity index (χ2n) is 2.77. The summed E-state index contributed by atoms with van der Waals surface area (Å²) in [7, 11) is 0. The molecule has 0 bridgehead atoms. The topological polar surface area (TPSA) is 61.9 Å². The van der Waals surface area contributed by atoms with Crippen molar-refractivity contribution in [3.05, 3.63) is 0 Å². The van der Waals surface area contributed by atoms with Gasteiger partial charge in [-0.25, -0.2) is 4.79 Å². The summed E-state index contributed by atoms with van der Waals surface area (Å²) in [4.78, 5) is 10.2. The van der Waals surface area contributed by atoms with E-state index in [1.807, 2.05) is 0 Å². The van der Waals surface area contributed by atoms with Gasteiger partial charge in [0.2, 0.25) is 0 Å². The van der Waals surface area contributed by atoms with Crippen molar-refractivity contribution in [1.29, 1.82) is 0 Å². The van der Waals surface area contributed by atoms with Crippen molar-refractivity contribution in [2.75, 3.05) is 0 Å². The average molecular weight is 143 g/mol. The van der Waals surface area contributed by atoms with Crippen molar-refractivity contribution in [3.63, 3.8) is 0 Å². The zero-order valence-corrected chi connectivity index (χ0v) is 5.41. The lowest BCUT2D eigenvalue weighted by atomic mass is 10.2. The minimum absolute atomic E-state index is 0.0579. The van der Waals surface area contributed by atoms with Gasteiger partial charge in [-0.15, -0.1) is 0 Å². The van der Waals surface area contributed by atoms with Gasteiger partial charge in [0.15, 0.2) is 0 Å². The zero-order chi connectivity index (χ0) is 7.14. The van der Waals surface area contributed by atoms with Gasteiger partial charge in [0.1, 0.15) is 6.10 Å². The Balaban J connectivity index is 1.88. The van der Waals surface area contributed by atoms with E-state index in [1.165, 1.54) is 0 Å². The number of epoxide rings is 1. The summed E-state index contributed by atoms with van der Waals surface area (Å²) in [5.41, 5.74) is 0. The van der Waals surface area contributed by atoms with Crippen LogP contribution in [0.2, 0.25) is 0 Å². The van der Waals surface area contributed by atoms with Crippen LogP contribution in [0.5, 0.6) is 0 Å². The lowest BCUT2D eigenvalue weighted by Crippen LogP contribution is -2.35. The Morgan fingerprint density at radius 1 is 1.60 bits per heavy atom. The van der Waals surface area contributed by atoms with Gasteiger partial charge < -0.3 is 15.2 Å². The number of fused-ring (bicyclic) bond motifs is 1. The van der Waals surface area contributed by atoms with Gasteiger partial charge in [0.05, 0.1) is 12.1 Å². The standard InChI is InChI=1S/C6H9NO3/c8-6(9)7-3-1-2-4-5(3)10-4/h3-5,7H,1-2H2,(H,8,9). The van der Waals surface area contributed by atoms with Gasteiger partial charge in [-0.05, 0) is 12.8 Å². The second kappa shape index (κ2) is 1.85. The van der Waals surface area contributed by atoms with Gasteiger partial charge in [-0.3, -0.25) is 0 Å². The average Bonchev–Trinajstić information content (AvgIpc) is 2.52. The van der Waals surface area contributed by atoms with E-state index in [-0.39, 0.29) is 12.1 Å². The van der Waals surface area contributed by atoms with Crippen LogP contribution in [0.15, 0.2) is 0 Å². The highest BCUT2D eigenvalue weighted by Crippen LogP contribution is 2.38. The largest absolute Gasteiger partial charge is 0.465 e. The van der Waals surface area contributed by atoms with Crippen LogP contribution in [-0.4, -0.2) is 29.4 Å². The fourth-order valence-electron chi connectivity index (χ4n) is 1.56. The summed E-state index contributed by atoms with van der Waals surface area (Å²) >= 11 is 0. The molecule has 1 saturated carbocycles. The van der Waals surface area contributed by atoms with E-state index >= 15 is 0 Å². The van der Waals surface area contributed by atoms with Gasteiger partial charge >= 0.3 is 6.09 Å². The number of hydrogen-bond acceptors (Lipinski definition) is 2. The summed E-state index contributed by atoms with van der Waals surface area (Å²) in [5, 5.41) is 10.8. The molecule has 2 aliphatic rings. The van der Waals surface area contributed by atoms with E-state index in [4.69, 9.17) is 9.84 Å². The van der Waals surface area contributed by atoms with E-state index in [2.05, 4.69) is 5.32 Å². The third-order valence-electron chi connectivity index (χ3n) is 2.09. The highest BCUT2D eigenvalue weighted by molar-refractivity contribution is 5.65. The Bertz CT molecular complexity index is 170. The molecule has 4 nitrogen and oxygen atoms in total. The van der Waals surface area contributed by atoms with Crippen LogP contribution in [0, 0.1) is 0 Å². The zero-order valence-electron chi connectivity index (χ0n) is 5.41. The molecule has 2 fully saturated rings. The van der Waals surface area contributed by atoms with Gasteiger partial charge in [0, 0.05) is 0 Å². The van der Waals surface area contributed by atoms with E-state index in [9.17, 15) is 4.79 Å². The third kappa shape index (κ3) is 0.844. The first-order chi connectivity index (χ1) is 4.77. The van der Waals surface area contributed by atoms with Crippen LogP contribution in [0.25, 0.3) is 0 Å². The van der Waals surface area contributed by atoms with Crippen molar-refractivity contribution in [2.45, 2.75) is 31.1 Å². The summed E-state index contributed by atoms with van der Waals surface area (Å²) in [6, 6.07) is 0.0579. The molecule has 0 aromatic carbocycles. The Morgan fingerprint density at radius 3 is 2.80 bits per heavy atom. The quantitative estimate of drug-likeness (QED) is 0.515. The first-order valence-electron chi connectivity index (χ1n) is 3.42. The lowest BCUT2D eigenvalue weighted by molar-refractivity contribution is 0.183. The molecular formula is C6H9NO3. The molecule has 2 rings (SSSR count). The molecule has 0 aromatic heterocycles. The summed E-state index contributed by atoms with van der Waals surface area (Å²) in [5.74, 6) is 0. The molecule has 0 radical (unpaired) electrons. The number of carbonyl (C=O) groups is 1. The molecule has 1 aliphatic carbocycles. The summed E-state index contributed by atoms with van der Waals surface area (Å²) in [6.45, 7) is 0. The van der Waals surface area contributed by atoms with Crippen molar-refractivity contribution in [3.8, 4) is 0 Å². The number of amides is 1. The van der Waals surface area contributed by atoms with Crippen molar-refractivity contribution < 1.29 is 14.6 Å². The van der Waals surface area contributed by atoms with Gasteiger partial charge in [-0.1, -0.05) is 0 Å². The van der Waals surface area contributed by atoms with E-state index in [1.54, 1.807) is 0 Å². The SMILES string of the molecule is O=C(O)NC1CCC2OC12. The van der Waals surface area contributed by atoms with E-state index in [0.717, 1.165) is 12.8 Å². The molecule has 1 aliphatic heterocycles. The predicted octanol–water partition coefficient (Wildman–Crippen LogP) is 0.184. The normalized spacial score (nSPS) is 42.6. The summed E-state index contributed by atoms with van der Waals surface area (Å²) in [6.07, 6.45) is 1.55. The number of ether oxygens (including phenoxy) is 1. The number of hydrogen-bond donors (Lipinski definition) is 2. The maximum atomic E-state index is 10.2. The maximum Gasteiger partial charge on any atom is 0.404 e. The van der Waals surface area contributed by atoms with Crippen LogP contribution in [0.4, 0.5) is 4.79 Å². The molecule has 56 valence electrons. The lowest BCUT2D eigenvalue weighted by Gasteiger charge is -2.08. The monoisotopic (exact) mass is 143 g/mol. The van der Waals surface area contributed by atoms with E-state index < -0.39 is 6.09 Å². The Labute approximate surface area is 58.2 Å². The smallest absolute Gasteiger partial charge is 0.404 e. The van der Waals surface area contributed by atoms with Gasteiger partial charge in [0.25, 0.3) is 0 Å². The fraction of sp³-hybridized carbons (Fsp3) is 0.833. The predicted molar refractivity (Wildman–Crippen MR) is 32.8 cm³/mol. The number of nitrogens with one attached hydrogen (secondary N) is 1. The minimum Gasteiger partial charge on any atom is -0.465 e. The van der Waals surface area contributed by atoms with Crippen LogP contribution in [0.3, 0.4) is 0 Å². The molecule has 4 heteroatoms. The van der Waals surface area contributed by atoms with Crippen LogP contribution < -0.4 is 5.32 Å². The number of rotatable bonds is 1. The van der Waals surface area contributed by atoms with Gasteiger partial charge in [-0.2, -0.15) is 0 Å². The Kier molecular flexibility index (Phi) is 1.11. The molecule has 1 saturated heterocycles. The van der Waals surface area contributed by atoms with Crippen LogP contribution in [-0.2, 0) is 4.74 Å². The highest BCUT2D eigenvalue weighted by Gasteiger charge is 2.50.